The number of ether oxygens (including phenoxy) is 2. The van der Waals surface area contributed by atoms with Gasteiger partial charge in [0.1, 0.15) is 11.4 Å². The molecule has 0 radical (unpaired) electrons. The van der Waals surface area contributed by atoms with Crippen molar-refractivity contribution in [1.29, 1.82) is 0 Å². The Morgan fingerprint density at radius 1 is 1.25 bits per heavy atom. The van der Waals surface area contributed by atoms with Crippen LogP contribution in [0.4, 0.5) is 0 Å². The molecule has 1 N–H and O–H groups in total. The van der Waals surface area contributed by atoms with E-state index in [9.17, 15) is 4.79 Å². The third-order valence-corrected chi connectivity index (χ3v) is 6.89. The molecule has 0 bridgehead atoms. The SMILES string of the molecule is CC1(C)Oc2ccccc2[C@H]2OCC3(CCN(C(=O)c4ncc[nH]4)CC3)C[C@@H]21. The molecule has 0 saturated carbocycles. The first kappa shape index (κ1) is 17.7. The van der Waals surface area contributed by atoms with Gasteiger partial charge in [-0.25, -0.2) is 4.98 Å². The zero-order chi connectivity index (χ0) is 19.4. The number of rotatable bonds is 1. The minimum atomic E-state index is -0.270. The Bertz CT molecular complexity index is 869. The number of nitrogens with one attached hydrogen (secondary N) is 1. The summed E-state index contributed by atoms with van der Waals surface area (Å²) in [6.45, 7) is 6.61. The van der Waals surface area contributed by atoms with Crippen LogP contribution >= 0.6 is 0 Å². The van der Waals surface area contributed by atoms with Crippen molar-refractivity contribution in [1.82, 2.24) is 14.9 Å². The molecular weight excluding hydrogens is 354 g/mol. The largest absolute Gasteiger partial charge is 0.487 e. The molecule has 6 heteroatoms. The maximum atomic E-state index is 12.6. The molecule has 2 aromatic rings. The Kier molecular flexibility index (Phi) is 4.02. The van der Waals surface area contributed by atoms with Crippen LogP contribution in [0.2, 0.25) is 0 Å². The molecular formula is C22H27N3O3. The number of aromatic amines is 1. The summed E-state index contributed by atoms with van der Waals surface area (Å²) in [6.07, 6.45) is 6.39. The van der Waals surface area contributed by atoms with Gasteiger partial charge in [-0.2, -0.15) is 0 Å². The second-order valence-corrected chi connectivity index (χ2v) is 9.02. The molecule has 5 rings (SSSR count). The molecule has 2 atom stereocenters. The van der Waals surface area contributed by atoms with Gasteiger partial charge in [0.15, 0.2) is 5.82 Å². The van der Waals surface area contributed by atoms with Crippen molar-refractivity contribution in [2.45, 2.75) is 44.8 Å². The van der Waals surface area contributed by atoms with E-state index in [1.807, 2.05) is 17.0 Å². The smallest absolute Gasteiger partial charge is 0.289 e. The fourth-order valence-corrected chi connectivity index (χ4v) is 5.16. The van der Waals surface area contributed by atoms with Gasteiger partial charge in [-0.05, 0) is 44.6 Å². The van der Waals surface area contributed by atoms with Crippen molar-refractivity contribution in [2.75, 3.05) is 19.7 Å². The van der Waals surface area contributed by atoms with E-state index in [-0.39, 0.29) is 23.0 Å². The average Bonchev–Trinajstić information content (AvgIpc) is 3.23. The number of aromatic nitrogens is 2. The van der Waals surface area contributed by atoms with Gasteiger partial charge >= 0.3 is 0 Å². The van der Waals surface area contributed by atoms with E-state index in [4.69, 9.17) is 9.47 Å². The van der Waals surface area contributed by atoms with E-state index in [0.717, 1.165) is 44.7 Å². The zero-order valence-electron chi connectivity index (χ0n) is 16.5. The number of hydrogen-bond donors (Lipinski definition) is 1. The number of nitrogens with zero attached hydrogens (tertiary/aromatic N) is 2. The predicted octanol–water partition coefficient (Wildman–Crippen LogP) is 3.58. The summed E-state index contributed by atoms with van der Waals surface area (Å²) in [7, 11) is 0. The number of likely N-dealkylation sites (tertiary alicyclic amines) is 1. The summed E-state index contributed by atoms with van der Waals surface area (Å²) in [5, 5.41) is 0. The van der Waals surface area contributed by atoms with E-state index in [2.05, 4.69) is 35.9 Å². The number of amides is 1. The molecule has 3 aliphatic heterocycles. The first-order valence-corrected chi connectivity index (χ1v) is 10.2. The molecule has 1 aromatic carbocycles. The van der Waals surface area contributed by atoms with E-state index < -0.39 is 0 Å². The standard InChI is InChI=1S/C22H27N3O3/c1-21(2)16-13-22(14-27-18(16)15-5-3-4-6-17(15)28-21)7-11-25(12-8-22)20(26)19-23-9-10-24-19/h3-6,9-10,16,18H,7-8,11-14H2,1-2H3,(H,23,24)/t16-,18+/m0/s1. The van der Waals surface area contributed by atoms with E-state index in [1.54, 1.807) is 12.4 Å². The van der Waals surface area contributed by atoms with E-state index in [1.165, 1.54) is 5.56 Å². The lowest BCUT2D eigenvalue weighted by atomic mass is 9.64. The molecule has 28 heavy (non-hydrogen) atoms. The average molecular weight is 381 g/mol. The molecule has 6 nitrogen and oxygen atoms in total. The lowest BCUT2D eigenvalue weighted by Gasteiger charge is -2.54. The fraction of sp³-hybridized carbons (Fsp3) is 0.545. The predicted molar refractivity (Wildman–Crippen MR) is 104 cm³/mol. The van der Waals surface area contributed by atoms with Gasteiger partial charge in [0.2, 0.25) is 0 Å². The zero-order valence-corrected chi connectivity index (χ0v) is 16.5. The minimum Gasteiger partial charge on any atom is -0.487 e. The number of hydrogen-bond acceptors (Lipinski definition) is 4. The van der Waals surface area contributed by atoms with E-state index in [0.29, 0.717) is 11.7 Å². The molecule has 2 fully saturated rings. The number of imidazole rings is 1. The summed E-state index contributed by atoms with van der Waals surface area (Å²) < 4.78 is 12.9. The van der Waals surface area contributed by atoms with Gasteiger partial charge in [0.25, 0.3) is 5.91 Å². The van der Waals surface area contributed by atoms with Crippen molar-refractivity contribution in [3.63, 3.8) is 0 Å². The second kappa shape index (κ2) is 6.34. The van der Waals surface area contributed by atoms with Crippen LogP contribution in [0.1, 0.15) is 55.4 Å². The third kappa shape index (κ3) is 2.82. The van der Waals surface area contributed by atoms with Crippen molar-refractivity contribution in [3.05, 3.63) is 48.0 Å². The van der Waals surface area contributed by atoms with Crippen LogP contribution in [0.15, 0.2) is 36.7 Å². The highest BCUT2D eigenvalue weighted by molar-refractivity contribution is 5.90. The quantitative estimate of drug-likeness (QED) is 0.820. The highest BCUT2D eigenvalue weighted by Crippen LogP contribution is 2.55. The Labute approximate surface area is 165 Å². The molecule has 0 aliphatic carbocycles. The van der Waals surface area contributed by atoms with Crippen LogP contribution in [0.5, 0.6) is 5.75 Å². The fourth-order valence-electron chi connectivity index (χ4n) is 5.16. The number of para-hydroxylation sites is 1. The maximum Gasteiger partial charge on any atom is 0.289 e. The number of fused-ring (bicyclic) bond motifs is 3. The topological polar surface area (TPSA) is 67.5 Å². The Balaban J connectivity index is 1.33. The lowest BCUT2D eigenvalue weighted by Crippen LogP contribution is -2.54. The minimum absolute atomic E-state index is 0.00953. The van der Waals surface area contributed by atoms with Crippen molar-refractivity contribution in [2.24, 2.45) is 11.3 Å². The molecule has 3 aliphatic rings. The van der Waals surface area contributed by atoms with Crippen LogP contribution in [0.25, 0.3) is 0 Å². The normalized spacial score (nSPS) is 27.6. The summed E-state index contributed by atoms with van der Waals surface area (Å²) >= 11 is 0. The summed E-state index contributed by atoms with van der Waals surface area (Å²) in [5.74, 6) is 1.67. The second-order valence-electron chi connectivity index (χ2n) is 9.02. The Morgan fingerprint density at radius 3 is 2.79 bits per heavy atom. The van der Waals surface area contributed by atoms with Gasteiger partial charge < -0.3 is 19.4 Å². The number of H-pyrrole nitrogens is 1. The number of carbonyl (C=O) groups is 1. The summed E-state index contributed by atoms with van der Waals surface area (Å²) in [6, 6.07) is 8.25. The van der Waals surface area contributed by atoms with Gasteiger partial charge in [-0.15, -0.1) is 0 Å². The maximum absolute atomic E-state index is 12.6. The number of carbonyl (C=O) groups excluding carboxylic acids is 1. The highest BCUT2D eigenvalue weighted by atomic mass is 16.5. The first-order valence-electron chi connectivity index (χ1n) is 10.2. The lowest BCUT2D eigenvalue weighted by molar-refractivity contribution is -0.173. The molecule has 1 amide bonds. The van der Waals surface area contributed by atoms with Crippen molar-refractivity contribution < 1.29 is 14.3 Å². The van der Waals surface area contributed by atoms with Gasteiger partial charge in [-0.3, -0.25) is 4.79 Å². The Hall–Kier alpha value is -2.34. The van der Waals surface area contributed by atoms with Gasteiger partial charge in [0.05, 0.1) is 12.7 Å². The van der Waals surface area contributed by atoms with Crippen LogP contribution in [0.3, 0.4) is 0 Å². The van der Waals surface area contributed by atoms with E-state index >= 15 is 0 Å². The van der Waals surface area contributed by atoms with Crippen LogP contribution in [-0.4, -0.2) is 46.1 Å². The molecule has 148 valence electrons. The summed E-state index contributed by atoms with van der Waals surface area (Å²) in [4.78, 5) is 21.5. The first-order chi connectivity index (χ1) is 13.5. The third-order valence-electron chi connectivity index (χ3n) is 6.89. The van der Waals surface area contributed by atoms with Gasteiger partial charge in [-0.1, -0.05) is 18.2 Å². The van der Waals surface area contributed by atoms with Crippen LogP contribution in [-0.2, 0) is 4.74 Å². The Morgan fingerprint density at radius 2 is 2.04 bits per heavy atom. The monoisotopic (exact) mass is 381 g/mol. The van der Waals surface area contributed by atoms with Crippen LogP contribution in [0, 0.1) is 11.3 Å². The highest BCUT2D eigenvalue weighted by Gasteiger charge is 2.52. The molecule has 2 saturated heterocycles. The molecule has 1 spiro atoms. The molecule has 4 heterocycles. The summed E-state index contributed by atoms with van der Waals surface area (Å²) in [5.41, 5.74) is 1.02. The van der Waals surface area contributed by atoms with Crippen molar-refractivity contribution in [3.8, 4) is 5.75 Å². The van der Waals surface area contributed by atoms with Crippen molar-refractivity contribution >= 4 is 5.91 Å². The van der Waals surface area contributed by atoms with Crippen LogP contribution < -0.4 is 4.74 Å². The molecule has 1 aromatic heterocycles. The van der Waals surface area contributed by atoms with Gasteiger partial charge in [0, 0.05) is 37.0 Å². The molecule has 0 unspecified atom stereocenters. The number of benzene rings is 1. The number of piperidine rings is 1.